The zero-order valence-corrected chi connectivity index (χ0v) is 37.2. The molecule has 0 spiro atoms. The Kier molecular flexibility index (Phi) is 39.4. The van der Waals surface area contributed by atoms with Gasteiger partial charge in [-0.1, -0.05) is 77.0 Å². The molecule has 0 bridgehead atoms. The topological polar surface area (TPSA) is 259 Å². The van der Waals surface area contributed by atoms with E-state index in [4.69, 9.17) is 29.8 Å². The largest absolute Gasteiger partial charge is 0.481 e. The molecule has 0 aromatic carbocycles. The van der Waals surface area contributed by atoms with Gasteiger partial charge in [-0.3, -0.25) is 33.6 Å². The van der Waals surface area contributed by atoms with Crippen molar-refractivity contribution in [2.75, 3.05) is 73.0 Å². The van der Waals surface area contributed by atoms with E-state index in [1.807, 2.05) is 0 Å². The van der Waals surface area contributed by atoms with Crippen LogP contribution in [0.1, 0.15) is 154 Å². The van der Waals surface area contributed by atoms with Gasteiger partial charge >= 0.3 is 11.9 Å². The fourth-order valence-electron chi connectivity index (χ4n) is 6.48. The van der Waals surface area contributed by atoms with Crippen molar-refractivity contribution in [3.05, 3.63) is 0 Å². The molecule has 0 heterocycles. The Morgan fingerprint density at radius 2 is 1.00 bits per heavy atom. The van der Waals surface area contributed by atoms with E-state index in [9.17, 15) is 38.7 Å². The summed E-state index contributed by atoms with van der Waals surface area (Å²) in [6, 6.07) is -0.368. The molecule has 0 saturated heterocycles. The minimum absolute atomic E-state index is 0.00329. The maximum atomic E-state index is 12.4. The predicted octanol–water partition coefficient (Wildman–Crippen LogP) is 4.64. The number of hydrogen-bond acceptors (Lipinski definition) is 12. The molecule has 0 unspecified atom stereocenters. The number of hydrogen-bond donors (Lipinski definition) is 6. The Morgan fingerprint density at radius 1 is 0.492 bits per heavy atom. The Hall–Kier alpha value is -3.51. The summed E-state index contributed by atoms with van der Waals surface area (Å²) in [6.45, 7) is 2.20. The molecule has 0 aromatic heterocycles. The third-order valence-corrected chi connectivity index (χ3v) is 10.1. The summed E-state index contributed by atoms with van der Waals surface area (Å²) < 4.78 is 21.5. The summed E-state index contributed by atoms with van der Waals surface area (Å²) in [5.41, 5.74) is 5.27. The minimum atomic E-state index is -1.07. The number of unbranched alkanes of at least 4 members (excludes halogenated alkanes) is 14. The van der Waals surface area contributed by atoms with E-state index < -0.39 is 23.8 Å². The highest BCUT2D eigenvalue weighted by molar-refractivity contribution is 5.84. The molecule has 0 aliphatic rings. The number of aliphatic carboxylic acids is 2. The second-order valence-electron chi connectivity index (χ2n) is 15.6. The number of ether oxygens (including phenoxy) is 4. The molecule has 354 valence electrons. The average Bonchev–Trinajstić information content (AvgIpc) is 3.22. The van der Waals surface area contributed by atoms with Gasteiger partial charge in [0, 0.05) is 51.8 Å². The number of nitrogens with two attached hydrogens (primary N) is 1. The van der Waals surface area contributed by atoms with Crippen molar-refractivity contribution in [2.45, 2.75) is 160 Å². The molecule has 0 radical (unpaired) electrons. The summed E-state index contributed by atoms with van der Waals surface area (Å²) in [5.74, 6) is -3.74. The van der Waals surface area contributed by atoms with E-state index in [-0.39, 0.29) is 101 Å². The lowest BCUT2D eigenvalue weighted by molar-refractivity contribution is -0.144. The molecule has 3 amide bonds. The second kappa shape index (κ2) is 41.8. The predicted molar refractivity (Wildman–Crippen MR) is 231 cm³/mol. The zero-order valence-electron chi connectivity index (χ0n) is 37.2. The standard InChI is InChI=1S/C44H80N4O13/c1-46-39(43(45)55)21-16-17-25-47-41(52)35-61-32-29-58-27-18-20-38(50)34-60-31-30-59-28-26-48-40(51)24-23-36(44(56)57)33-37(49)19-14-12-10-8-6-4-2-3-5-7-9-11-13-15-22-42(53)54/h36,39,46H,2-35H2,1H3,(H2,45,55)(H,47,52)(H,48,51)(H,53,54)(H,56,57)/t36-,39+/m1/s1. The number of ketones is 2. The van der Waals surface area contributed by atoms with Crippen molar-refractivity contribution in [1.29, 1.82) is 0 Å². The lowest BCUT2D eigenvalue weighted by Crippen LogP contribution is -2.39. The first-order chi connectivity index (χ1) is 29.5. The summed E-state index contributed by atoms with van der Waals surface area (Å²) >= 11 is 0. The number of likely N-dealkylation sites (N-methyl/N-ethyl adjacent to an activating group) is 1. The number of amides is 3. The van der Waals surface area contributed by atoms with Gasteiger partial charge in [-0.25, -0.2) is 0 Å². The molecule has 17 heteroatoms. The third kappa shape index (κ3) is 40.3. The van der Waals surface area contributed by atoms with Gasteiger partial charge in [0.2, 0.25) is 17.7 Å². The van der Waals surface area contributed by atoms with Gasteiger partial charge in [0.25, 0.3) is 0 Å². The maximum Gasteiger partial charge on any atom is 0.306 e. The maximum absolute atomic E-state index is 12.4. The Labute approximate surface area is 364 Å². The van der Waals surface area contributed by atoms with E-state index in [1.54, 1.807) is 7.05 Å². The monoisotopic (exact) mass is 873 g/mol. The van der Waals surface area contributed by atoms with Gasteiger partial charge in [0.05, 0.1) is 45.0 Å². The first-order valence-electron chi connectivity index (χ1n) is 22.7. The first-order valence-corrected chi connectivity index (χ1v) is 22.7. The van der Waals surface area contributed by atoms with Gasteiger partial charge in [0.1, 0.15) is 19.0 Å². The van der Waals surface area contributed by atoms with Crippen LogP contribution in [0.3, 0.4) is 0 Å². The Morgan fingerprint density at radius 3 is 1.56 bits per heavy atom. The van der Waals surface area contributed by atoms with Crippen LogP contribution in [0.4, 0.5) is 0 Å². The molecule has 7 N–H and O–H groups in total. The van der Waals surface area contributed by atoms with Crippen LogP contribution >= 0.6 is 0 Å². The van der Waals surface area contributed by atoms with E-state index >= 15 is 0 Å². The molecule has 0 aliphatic carbocycles. The summed E-state index contributed by atoms with van der Waals surface area (Å²) in [6.07, 6.45) is 18.9. The van der Waals surface area contributed by atoms with Gasteiger partial charge in [0.15, 0.2) is 5.78 Å². The minimum Gasteiger partial charge on any atom is -0.481 e. The number of primary amides is 1. The lowest BCUT2D eigenvalue weighted by atomic mass is 9.94. The third-order valence-electron chi connectivity index (χ3n) is 10.1. The van der Waals surface area contributed by atoms with E-state index in [0.717, 1.165) is 57.8 Å². The van der Waals surface area contributed by atoms with Crippen molar-refractivity contribution >= 4 is 41.2 Å². The molecule has 0 aromatic rings. The van der Waals surface area contributed by atoms with E-state index in [0.29, 0.717) is 45.4 Å². The summed E-state index contributed by atoms with van der Waals surface area (Å²) in [7, 11) is 1.68. The number of nitrogens with one attached hydrogen (secondary N) is 3. The van der Waals surface area contributed by atoms with Crippen LogP contribution in [0, 0.1) is 5.92 Å². The van der Waals surface area contributed by atoms with Gasteiger partial charge in [-0.05, 0) is 52.0 Å². The fraction of sp³-hybridized carbons (Fsp3) is 0.841. The summed E-state index contributed by atoms with van der Waals surface area (Å²) in [4.78, 5) is 81.9. The molecule has 0 fully saturated rings. The number of carbonyl (C=O) groups excluding carboxylic acids is 5. The molecule has 0 aliphatic heterocycles. The molecule has 17 nitrogen and oxygen atoms in total. The van der Waals surface area contributed by atoms with Crippen molar-refractivity contribution in [1.82, 2.24) is 16.0 Å². The fourth-order valence-corrected chi connectivity index (χ4v) is 6.48. The van der Waals surface area contributed by atoms with Gasteiger partial charge in [-0.15, -0.1) is 0 Å². The van der Waals surface area contributed by atoms with Gasteiger partial charge < -0.3 is 50.8 Å². The molecular formula is C44H80N4O13. The van der Waals surface area contributed by atoms with Gasteiger partial charge in [-0.2, -0.15) is 0 Å². The van der Waals surface area contributed by atoms with Crippen LogP contribution in [0.5, 0.6) is 0 Å². The average molecular weight is 873 g/mol. The van der Waals surface area contributed by atoms with Crippen molar-refractivity contribution < 1.29 is 62.7 Å². The smallest absolute Gasteiger partial charge is 0.306 e. The van der Waals surface area contributed by atoms with Crippen molar-refractivity contribution in [3.63, 3.8) is 0 Å². The number of rotatable bonds is 47. The SMILES string of the molecule is CN[C@@H](CCCCNC(=O)COCCOCCCC(=O)COCCOCCNC(=O)CC[C@H](CC(=O)CCCCCCCCCCCCCCCCC(=O)O)C(=O)O)C(N)=O. The molecule has 61 heavy (non-hydrogen) atoms. The molecule has 0 saturated carbocycles. The number of Topliss-reactive ketones (excluding diaryl/α,β-unsaturated/α-hetero) is 2. The van der Waals surface area contributed by atoms with Crippen LogP contribution in [-0.2, 0) is 52.5 Å². The first kappa shape index (κ1) is 57.5. The quantitative estimate of drug-likeness (QED) is 0.0456. The Balaban J connectivity index is 3.65. The van der Waals surface area contributed by atoms with Crippen LogP contribution in [0.15, 0.2) is 0 Å². The highest BCUT2D eigenvalue weighted by atomic mass is 16.5. The van der Waals surface area contributed by atoms with Crippen LogP contribution in [0.2, 0.25) is 0 Å². The normalized spacial score (nSPS) is 12.1. The molecular weight excluding hydrogens is 792 g/mol. The van der Waals surface area contributed by atoms with Crippen LogP contribution in [-0.4, -0.2) is 130 Å². The Bertz CT molecular complexity index is 1190. The molecule has 0 rings (SSSR count). The zero-order chi connectivity index (χ0) is 45.2. The number of carbonyl (C=O) groups is 7. The van der Waals surface area contributed by atoms with Crippen LogP contribution in [0.25, 0.3) is 0 Å². The highest BCUT2D eigenvalue weighted by Gasteiger charge is 2.22. The van der Waals surface area contributed by atoms with E-state index in [2.05, 4.69) is 16.0 Å². The van der Waals surface area contributed by atoms with Crippen LogP contribution < -0.4 is 21.7 Å². The lowest BCUT2D eigenvalue weighted by Gasteiger charge is -2.12. The highest BCUT2D eigenvalue weighted by Crippen LogP contribution is 2.17. The molecule has 2 atom stereocenters. The van der Waals surface area contributed by atoms with Crippen molar-refractivity contribution in [3.8, 4) is 0 Å². The van der Waals surface area contributed by atoms with Crippen molar-refractivity contribution in [2.24, 2.45) is 11.7 Å². The second-order valence-corrected chi connectivity index (χ2v) is 15.6. The number of carboxylic acids is 2. The summed E-state index contributed by atoms with van der Waals surface area (Å²) in [5, 5.41) is 26.5. The van der Waals surface area contributed by atoms with E-state index in [1.165, 1.54) is 44.9 Å². The number of carboxylic acid groups (broad SMARTS) is 2.